The van der Waals surface area contributed by atoms with Crippen LogP contribution < -0.4 is 0 Å². The molecular weight excluding hydrogens is 134 g/mol. The zero-order valence-electron chi connectivity index (χ0n) is 8.52. The maximum Gasteiger partial charge on any atom is 0.0121 e. The Morgan fingerprint density at radius 3 is 2.09 bits per heavy atom. The largest absolute Gasteiger partial charge is 0.306 e. The first-order chi connectivity index (χ1) is 4.90. The first kappa shape index (κ1) is 9.05. The molecule has 0 amide bonds. The average molecular weight is 155 g/mol. The van der Waals surface area contributed by atoms with Crippen molar-refractivity contribution in [3.63, 3.8) is 0 Å². The molecule has 0 bridgehead atoms. The lowest BCUT2D eigenvalue weighted by Crippen LogP contribution is -2.18. The Bertz CT molecular complexity index is 132. The monoisotopic (exact) mass is 155 g/mol. The van der Waals surface area contributed by atoms with Gasteiger partial charge in [-0.3, -0.25) is 0 Å². The fourth-order valence-corrected chi connectivity index (χ4v) is 1.87. The molecule has 1 saturated carbocycles. The molecule has 66 valence electrons. The molecule has 1 heteroatoms. The Morgan fingerprint density at radius 1 is 1.27 bits per heavy atom. The molecule has 0 aliphatic heterocycles. The highest BCUT2D eigenvalue weighted by Crippen LogP contribution is 2.42. The van der Waals surface area contributed by atoms with Gasteiger partial charge in [-0.05, 0) is 38.3 Å². The molecule has 11 heavy (non-hydrogen) atoms. The highest BCUT2D eigenvalue weighted by molar-refractivity contribution is 4.94. The van der Waals surface area contributed by atoms with E-state index >= 15 is 0 Å². The van der Waals surface area contributed by atoms with Gasteiger partial charge in [-0.15, -0.1) is 0 Å². The van der Waals surface area contributed by atoms with E-state index in [1.807, 2.05) is 0 Å². The maximum absolute atomic E-state index is 2.36. The average Bonchev–Trinajstić information content (AvgIpc) is 2.40. The second-order valence-corrected chi connectivity index (χ2v) is 5.29. The molecule has 0 radical (unpaired) electrons. The van der Waals surface area contributed by atoms with Crippen LogP contribution in [0.15, 0.2) is 0 Å². The summed E-state index contributed by atoms with van der Waals surface area (Å²) in [4.78, 5) is 2.36. The van der Waals surface area contributed by atoms with Crippen LogP contribution in [0.25, 0.3) is 0 Å². The van der Waals surface area contributed by atoms with Crippen molar-refractivity contribution in [2.24, 2.45) is 11.3 Å². The predicted molar refractivity (Wildman–Crippen MR) is 49.7 cm³/mol. The highest BCUT2D eigenvalue weighted by atomic mass is 15.1. The first-order valence-electron chi connectivity index (χ1n) is 4.56. The van der Waals surface area contributed by atoms with Crippen molar-refractivity contribution in [1.29, 1.82) is 0 Å². The molecule has 0 spiro atoms. The van der Waals surface area contributed by atoms with Crippen LogP contribution in [-0.4, -0.2) is 25.0 Å². The van der Waals surface area contributed by atoms with Crippen molar-refractivity contribution in [3.05, 3.63) is 0 Å². The Kier molecular flexibility index (Phi) is 2.29. The molecule has 0 heterocycles. The minimum Gasteiger partial charge on any atom is -0.306 e. The molecule has 1 rings (SSSR count). The zero-order valence-corrected chi connectivity index (χ0v) is 8.52. The number of nitrogens with zero attached hydrogens (tertiary/aromatic N) is 1. The summed E-state index contributed by atoms with van der Waals surface area (Å²) >= 11 is 0. The van der Waals surface area contributed by atoms with Crippen LogP contribution in [0.3, 0.4) is 0 Å². The van der Waals surface area contributed by atoms with E-state index in [4.69, 9.17) is 0 Å². The van der Waals surface area contributed by atoms with Crippen LogP contribution in [0.4, 0.5) is 0 Å². The molecule has 1 aliphatic carbocycles. The quantitative estimate of drug-likeness (QED) is 0.592. The Morgan fingerprint density at radius 2 is 1.82 bits per heavy atom. The van der Waals surface area contributed by atoms with Crippen LogP contribution in [-0.2, 0) is 0 Å². The number of hydrogen-bond donors (Lipinski definition) is 0. The third-order valence-electron chi connectivity index (χ3n) is 2.42. The third kappa shape index (κ3) is 2.82. The summed E-state index contributed by atoms with van der Waals surface area (Å²) in [5.74, 6) is 0.977. The molecule has 0 aromatic heterocycles. The number of rotatable bonds is 2. The first-order valence-corrected chi connectivity index (χ1v) is 4.56. The van der Waals surface area contributed by atoms with E-state index in [1.165, 1.54) is 12.8 Å². The van der Waals surface area contributed by atoms with Crippen LogP contribution in [0, 0.1) is 11.3 Å². The lowest BCUT2D eigenvalue weighted by molar-refractivity contribution is 0.310. The smallest absolute Gasteiger partial charge is 0.0121 e. The summed E-state index contributed by atoms with van der Waals surface area (Å²) in [5, 5.41) is 0. The molecule has 1 nitrogen and oxygen atoms in total. The maximum atomic E-state index is 2.36. The van der Waals surface area contributed by atoms with Crippen molar-refractivity contribution in [3.8, 4) is 0 Å². The normalized spacial score (nSPS) is 31.1. The zero-order chi connectivity index (χ0) is 8.65. The van der Waals surface area contributed by atoms with E-state index in [0.29, 0.717) is 5.41 Å². The minimum atomic E-state index is 0.523. The van der Waals surface area contributed by atoms with Gasteiger partial charge in [0.25, 0.3) is 0 Å². The van der Waals surface area contributed by atoms with Crippen molar-refractivity contribution in [1.82, 2.24) is 4.90 Å². The van der Waals surface area contributed by atoms with Crippen molar-refractivity contribution < 1.29 is 0 Å². The van der Waals surface area contributed by atoms with Gasteiger partial charge in [0.05, 0.1) is 0 Å². The summed E-state index contributed by atoms with van der Waals surface area (Å²) in [6.07, 6.45) is 2.81. The van der Waals surface area contributed by atoms with Gasteiger partial charge in [0.2, 0.25) is 0 Å². The molecule has 0 N–H and O–H groups in total. The van der Waals surface area contributed by atoms with E-state index < -0.39 is 0 Å². The van der Waals surface area contributed by atoms with Gasteiger partial charge < -0.3 is 4.90 Å². The van der Waals surface area contributed by atoms with Gasteiger partial charge in [0.1, 0.15) is 0 Å². The summed E-state index contributed by atoms with van der Waals surface area (Å²) in [6, 6.07) is 0.884. The van der Waals surface area contributed by atoms with Crippen molar-refractivity contribution >= 4 is 0 Å². The van der Waals surface area contributed by atoms with Crippen LogP contribution in [0.1, 0.15) is 33.6 Å². The van der Waals surface area contributed by atoms with E-state index in [0.717, 1.165) is 12.0 Å². The standard InChI is InChI=1S/C10H21N/c1-10(2,3)7-8-6-9(8)11(4)5/h8-9H,6-7H2,1-5H3. The molecule has 1 aliphatic rings. The lowest BCUT2D eigenvalue weighted by atomic mass is 9.89. The summed E-state index contributed by atoms with van der Waals surface area (Å²) in [6.45, 7) is 6.99. The summed E-state index contributed by atoms with van der Waals surface area (Å²) < 4.78 is 0. The molecule has 1 fully saturated rings. The Labute approximate surface area is 70.8 Å². The van der Waals surface area contributed by atoms with Gasteiger partial charge in [-0.1, -0.05) is 20.8 Å². The summed E-state index contributed by atoms with van der Waals surface area (Å²) in [5.41, 5.74) is 0.523. The van der Waals surface area contributed by atoms with Gasteiger partial charge in [0, 0.05) is 6.04 Å². The highest BCUT2D eigenvalue weighted by Gasteiger charge is 2.40. The second kappa shape index (κ2) is 2.78. The van der Waals surface area contributed by atoms with E-state index in [1.54, 1.807) is 0 Å². The molecular formula is C10H21N. The fraction of sp³-hybridized carbons (Fsp3) is 1.00. The molecule has 0 aromatic carbocycles. The lowest BCUT2D eigenvalue weighted by Gasteiger charge is -2.18. The van der Waals surface area contributed by atoms with Crippen LogP contribution in [0.2, 0.25) is 0 Å². The number of hydrogen-bond acceptors (Lipinski definition) is 1. The van der Waals surface area contributed by atoms with Gasteiger partial charge in [-0.25, -0.2) is 0 Å². The third-order valence-corrected chi connectivity index (χ3v) is 2.42. The minimum absolute atomic E-state index is 0.523. The van der Waals surface area contributed by atoms with Crippen LogP contribution in [0.5, 0.6) is 0 Å². The van der Waals surface area contributed by atoms with Crippen LogP contribution >= 0.6 is 0 Å². The summed E-state index contributed by atoms with van der Waals surface area (Å²) in [7, 11) is 4.38. The van der Waals surface area contributed by atoms with Crippen molar-refractivity contribution in [2.45, 2.75) is 39.7 Å². The Hall–Kier alpha value is -0.0400. The van der Waals surface area contributed by atoms with Gasteiger partial charge in [-0.2, -0.15) is 0 Å². The van der Waals surface area contributed by atoms with E-state index in [2.05, 4.69) is 39.8 Å². The molecule has 0 saturated heterocycles. The Balaban J connectivity index is 2.24. The van der Waals surface area contributed by atoms with E-state index in [9.17, 15) is 0 Å². The second-order valence-electron chi connectivity index (χ2n) is 5.29. The fourth-order valence-electron chi connectivity index (χ4n) is 1.87. The van der Waals surface area contributed by atoms with Gasteiger partial charge in [0.15, 0.2) is 0 Å². The van der Waals surface area contributed by atoms with Crippen molar-refractivity contribution in [2.75, 3.05) is 14.1 Å². The molecule has 2 unspecified atom stereocenters. The van der Waals surface area contributed by atoms with E-state index in [-0.39, 0.29) is 0 Å². The molecule has 0 aromatic rings. The molecule has 2 atom stereocenters. The SMILES string of the molecule is CN(C)C1CC1CC(C)(C)C. The topological polar surface area (TPSA) is 3.24 Å². The predicted octanol–water partition coefficient (Wildman–Crippen LogP) is 2.37. The van der Waals surface area contributed by atoms with Gasteiger partial charge >= 0.3 is 0 Å².